The highest BCUT2D eigenvalue weighted by molar-refractivity contribution is 7.10. The van der Waals surface area contributed by atoms with E-state index in [1.165, 1.54) is 0 Å². The molecule has 0 saturated heterocycles. The average molecular weight is 241 g/mol. The SMILES string of the molecule is CC(NC(=O)C(N)CC(N)=O)c1cccs1. The first-order valence-electron chi connectivity index (χ1n) is 4.88. The van der Waals surface area contributed by atoms with Gasteiger partial charge < -0.3 is 16.8 Å². The minimum absolute atomic E-state index is 0.105. The van der Waals surface area contributed by atoms with Gasteiger partial charge in [-0.15, -0.1) is 11.3 Å². The molecule has 6 heteroatoms. The maximum absolute atomic E-state index is 11.5. The van der Waals surface area contributed by atoms with E-state index in [1.807, 2.05) is 24.4 Å². The van der Waals surface area contributed by atoms with Crippen molar-refractivity contribution in [3.63, 3.8) is 0 Å². The van der Waals surface area contributed by atoms with Crippen LogP contribution in [0.5, 0.6) is 0 Å². The third kappa shape index (κ3) is 3.63. The second kappa shape index (κ2) is 5.62. The van der Waals surface area contributed by atoms with Gasteiger partial charge in [-0.05, 0) is 18.4 Å². The number of nitrogens with two attached hydrogens (primary N) is 2. The zero-order chi connectivity index (χ0) is 12.1. The van der Waals surface area contributed by atoms with Gasteiger partial charge in [0.2, 0.25) is 11.8 Å². The number of carbonyl (C=O) groups is 2. The molecule has 0 radical (unpaired) electrons. The fraction of sp³-hybridized carbons (Fsp3) is 0.400. The van der Waals surface area contributed by atoms with Crippen LogP contribution in [-0.2, 0) is 9.59 Å². The van der Waals surface area contributed by atoms with Crippen molar-refractivity contribution in [3.05, 3.63) is 22.4 Å². The Morgan fingerprint density at radius 2 is 2.25 bits per heavy atom. The van der Waals surface area contributed by atoms with E-state index >= 15 is 0 Å². The topological polar surface area (TPSA) is 98.2 Å². The lowest BCUT2D eigenvalue weighted by Gasteiger charge is -2.15. The molecule has 5 nitrogen and oxygen atoms in total. The van der Waals surface area contributed by atoms with Crippen LogP contribution in [-0.4, -0.2) is 17.9 Å². The number of carbonyl (C=O) groups excluding carboxylic acids is 2. The molecule has 2 atom stereocenters. The highest BCUT2D eigenvalue weighted by Gasteiger charge is 2.18. The lowest BCUT2D eigenvalue weighted by molar-refractivity contribution is -0.126. The van der Waals surface area contributed by atoms with Gasteiger partial charge in [-0.3, -0.25) is 9.59 Å². The van der Waals surface area contributed by atoms with Gasteiger partial charge >= 0.3 is 0 Å². The molecule has 2 unspecified atom stereocenters. The fourth-order valence-electron chi connectivity index (χ4n) is 1.24. The molecule has 5 N–H and O–H groups in total. The van der Waals surface area contributed by atoms with Gasteiger partial charge in [0.05, 0.1) is 18.5 Å². The van der Waals surface area contributed by atoms with Crippen molar-refractivity contribution in [2.24, 2.45) is 11.5 Å². The van der Waals surface area contributed by atoms with E-state index < -0.39 is 11.9 Å². The summed E-state index contributed by atoms with van der Waals surface area (Å²) in [5.41, 5.74) is 10.5. The Morgan fingerprint density at radius 3 is 2.75 bits per heavy atom. The van der Waals surface area contributed by atoms with Gasteiger partial charge in [0.15, 0.2) is 0 Å². The van der Waals surface area contributed by atoms with Crippen LogP contribution in [0, 0.1) is 0 Å². The average Bonchev–Trinajstić information content (AvgIpc) is 2.68. The Labute approximate surface area is 97.8 Å². The molecule has 0 aliphatic carbocycles. The second-order valence-electron chi connectivity index (χ2n) is 3.52. The first kappa shape index (κ1) is 12.7. The number of nitrogens with one attached hydrogen (secondary N) is 1. The molecule has 0 spiro atoms. The summed E-state index contributed by atoms with van der Waals surface area (Å²) in [4.78, 5) is 23.2. The van der Waals surface area contributed by atoms with Gasteiger partial charge in [0.25, 0.3) is 0 Å². The van der Waals surface area contributed by atoms with Crippen LogP contribution in [0.15, 0.2) is 17.5 Å². The molecule has 0 aliphatic heterocycles. The number of thiophene rings is 1. The van der Waals surface area contributed by atoms with Crippen LogP contribution in [0.1, 0.15) is 24.3 Å². The van der Waals surface area contributed by atoms with Gasteiger partial charge in [0.1, 0.15) is 0 Å². The van der Waals surface area contributed by atoms with Crippen LogP contribution >= 0.6 is 11.3 Å². The molecule has 1 heterocycles. The van der Waals surface area contributed by atoms with Crippen LogP contribution in [0.3, 0.4) is 0 Å². The van der Waals surface area contributed by atoms with Crippen molar-refractivity contribution >= 4 is 23.2 Å². The Morgan fingerprint density at radius 1 is 1.56 bits per heavy atom. The maximum atomic E-state index is 11.5. The Bertz CT molecular complexity index is 364. The van der Waals surface area contributed by atoms with Gasteiger partial charge in [-0.25, -0.2) is 0 Å². The summed E-state index contributed by atoms with van der Waals surface area (Å²) in [6.45, 7) is 1.86. The molecule has 0 bridgehead atoms. The molecule has 2 amide bonds. The Kier molecular flexibility index (Phi) is 4.45. The number of rotatable bonds is 5. The van der Waals surface area contributed by atoms with Crippen molar-refractivity contribution in [1.29, 1.82) is 0 Å². The molecule has 88 valence electrons. The Hall–Kier alpha value is -1.40. The highest BCUT2D eigenvalue weighted by atomic mass is 32.1. The summed E-state index contributed by atoms with van der Waals surface area (Å²) >= 11 is 1.55. The van der Waals surface area contributed by atoms with Crippen LogP contribution in [0.25, 0.3) is 0 Å². The van der Waals surface area contributed by atoms with Gasteiger partial charge in [0, 0.05) is 4.88 Å². The standard InChI is InChI=1S/C10H15N3O2S/c1-6(8-3-2-4-16-8)13-10(15)7(11)5-9(12)14/h2-4,6-7H,5,11H2,1H3,(H2,12,14)(H,13,15). The smallest absolute Gasteiger partial charge is 0.237 e. The summed E-state index contributed by atoms with van der Waals surface area (Å²) in [6.07, 6.45) is -0.136. The lowest BCUT2D eigenvalue weighted by Crippen LogP contribution is -2.43. The molecule has 0 fully saturated rings. The quantitative estimate of drug-likeness (QED) is 0.683. The fourth-order valence-corrected chi connectivity index (χ4v) is 1.97. The first-order valence-corrected chi connectivity index (χ1v) is 5.76. The van der Waals surface area contributed by atoms with E-state index in [4.69, 9.17) is 11.5 Å². The third-order valence-corrected chi connectivity index (χ3v) is 3.14. The van der Waals surface area contributed by atoms with E-state index in [0.717, 1.165) is 4.88 Å². The van der Waals surface area contributed by atoms with Gasteiger partial charge in [-0.2, -0.15) is 0 Å². The normalized spacial score (nSPS) is 14.1. The third-order valence-electron chi connectivity index (χ3n) is 2.09. The van der Waals surface area contributed by atoms with Gasteiger partial charge in [-0.1, -0.05) is 6.07 Å². The lowest BCUT2D eigenvalue weighted by atomic mass is 10.2. The molecule has 0 saturated carbocycles. The van der Waals surface area contributed by atoms with Crippen LogP contribution < -0.4 is 16.8 Å². The summed E-state index contributed by atoms with van der Waals surface area (Å²) in [6, 6.07) is 2.85. The predicted octanol–water partition coefficient (Wildman–Crippen LogP) is 0.128. The van der Waals surface area contributed by atoms with E-state index in [0.29, 0.717) is 0 Å². The maximum Gasteiger partial charge on any atom is 0.237 e. The van der Waals surface area contributed by atoms with E-state index in [1.54, 1.807) is 11.3 Å². The van der Waals surface area contributed by atoms with E-state index in [9.17, 15) is 9.59 Å². The zero-order valence-corrected chi connectivity index (χ0v) is 9.79. The van der Waals surface area contributed by atoms with E-state index in [2.05, 4.69) is 5.32 Å². The Balaban J connectivity index is 2.48. The number of hydrogen-bond donors (Lipinski definition) is 3. The first-order chi connectivity index (χ1) is 7.50. The molecule has 0 aliphatic rings. The van der Waals surface area contributed by atoms with E-state index in [-0.39, 0.29) is 18.4 Å². The summed E-state index contributed by atoms with van der Waals surface area (Å²) in [7, 11) is 0. The molecular formula is C10H15N3O2S. The predicted molar refractivity (Wildman–Crippen MR) is 62.7 cm³/mol. The minimum Gasteiger partial charge on any atom is -0.370 e. The van der Waals surface area contributed by atoms with Crippen LogP contribution in [0.4, 0.5) is 0 Å². The minimum atomic E-state index is -0.875. The second-order valence-corrected chi connectivity index (χ2v) is 4.50. The zero-order valence-electron chi connectivity index (χ0n) is 8.97. The summed E-state index contributed by atoms with van der Waals surface area (Å²) in [5.74, 6) is -0.939. The molecule has 16 heavy (non-hydrogen) atoms. The largest absolute Gasteiger partial charge is 0.370 e. The van der Waals surface area contributed by atoms with Crippen molar-refractivity contribution in [2.45, 2.75) is 25.4 Å². The molecular weight excluding hydrogens is 226 g/mol. The van der Waals surface area contributed by atoms with Crippen LogP contribution in [0.2, 0.25) is 0 Å². The number of amides is 2. The van der Waals surface area contributed by atoms with Crippen molar-refractivity contribution in [1.82, 2.24) is 5.32 Å². The monoisotopic (exact) mass is 241 g/mol. The molecule has 1 aromatic rings. The number of primary amides is 1. The molecule has 0 aromatic carbocycles. The van der Waals surface area contributed by atoms with Crippen molar-refractivity contribution in [2.75, 3.05) is 0 Å². The molecule has 1 rings (SSSR count). The van der Waals surface area contributed by atoms with Crippen molar-refractivity contribution in [3.8, 4) is 0 Å². The summed E-state index contributed by atoms with van der Waals surface area (Å²) < 4.78 is 0. The molecule has 1 aromatic heterocycles. The summed E-state index contributed by atoms with van der Waals surface area (Å²) in [5, 5.41) is 4.66. The van der Waals surface area contributed by atoms with Crippen molar-refractivity contribution < 1.29 is 9.59 Å². The number of hydrogen-bond acceptors (Lipinski definition) is 4. The highest BCUT2D eigenvalue weighted by Crippen LogP contribution is 2.17.